The highest BCUT2D eigenvalue weighted by atomic mass is 16.5. The van der Waals surface area contributed by atoms with Crippen LogP contribution in [-0.4, -0.2) is 78.2 Å². The molecule has 30 heavy (non-hydrogen) atoms. The molecule has 0 radical (unpaired) electrons. The molecule has 0 aromatic carbocycles. The van der Waals surface area contributed by atoms with Gasteiger partial charge in [-0.05, 0) is 31.5 Å². The number of rotatable bonds is 4. The van der Waals surface area contributed by atoms with E-state index in [1.165, 1.54) is 5.56 Å². The molecular weight excluding hydrogens is 382 g/mol. The fraction of sp³-hybridized carbons (Fsp3) is 0.591. The standard InChI is InChI=1S/C22H29N5O3/c28-20(26-8-11-29-12-9-26)22-4-1-7-25(13-18-3-10-30-16-18)14-19(22)15-27(17-22)21-23-5-2-6-24-21/h2-3,5-6,10,16,19H,1,4,7-9,11-15,17H2/t19-,22-/m0/s1. The predicted molar refractivity (Wildman–Crippen MR) is 111 cm³/mol. The van der Waals surface area contributed by atoms with Gasteiger partial charge in [0.2, 0.25) is 11.9 Å². The van der Waals surface area contributed by atoms with Crippen molar-refractivity contribution >= 4 is 11.9 Å². The lowest BCUT2D eigenvalue weighted by molar-refractivity contribution is -0.148. The van der Waals surface area contributed by atoms with Gasteiger partial charge < -0.3 is 19.0 Å². The van der Waals surface area contributed by atoms with E-state index in [4.69, 9.17) is 9.15 Å². The summed E-state index contributed by atoms with van der Waals surface area (Å²) in [6, 6.07) is 3.86. The number of aromatic nitrogens is 2. The Morgan fingerprint density at radius 2 is 2.00 bits per heavy atom. The molecule has 8 nitrogen and oxygen atoms in total. The molecular formula is C22H29N5O3. The molecule has 5 heterocycles. The Morgan fingerprint density at radius 1 is 1.17 bits per heavy atom. The largest absolute Gasteiger partial charge is 0.472 e. The number of morpholine rings is 1. The number of nitrogens with zero attached hydrogens (tertiary/aromatic N) is 5. The minimum absolute atomic E-state index is 0.242. The Hall–Kier alpha value is -2.45. The van der Waals surface area contributed by atoms with Crippen molar-refractivity contribution < 1.29 is 13.9 Å². The van der Waals surface area contributed by atoms with Crippen LogP contribution in [0, 0.1) is 11.3 Å². The number of amides is 1. The van der Waals surface area contributed by atoms with Gasteiger partial charge in [-0.25, -0.2) is 9.97 Å². The molecule has 3 fully saturated rings. The lowest BCUT2D eigenvalue weighted by Gasteiger charge is -2.38. The van der Waals surface area contributed by atoms with Gasteiger partial charge in [-0.1, -0.05) is 0 Å². The average Bonchev–Trinajstić information content (AvgIpc) is 3.40. The van der Waals surface area contributed by atoms with Crippen LogP contribution in [0.3, 0.4) is 0 Å². The van der Waals surface area contributed by atoms with E-state index >= 15 is 0 Å². The number of hydrogen-bond acceptors (Lipinski definition) is 7. The zero-order valence-electron chi connectivity index (χ0n) is 17.3. The number of carbonyl (C=O) groups is 1. The van der Waals surface area contributed by atoms with E-state index in [0.29, 0.717) is 38.8 Å². The van der Waals surface area contributed by atoms with Gasteiger partial charge in [0.05, 0.1) is 31.2 Å². The summed E-state index contributed by atoms with van der Waals surface area (Å²) in [5.41, 5.74) is 0.796. The maximum Gasteiger partial charge on any atom is 0.231 e. The molecule has 0 N–H and O–H groups in total. The summed E-state index contributed by atoms with van der Waals surface area (Å²) in [6.45, 7) is 6.89. The van der Waals surface area contributed by atoms with Crippen LogP contribution in [0.4, 0.5) is 5.95 Å². The third-order valence-electron chi connectivity index (χ3n) is 6.82. The Morgan fingerprint density at radius 3 is 2.77 bits per heavy atom. The van der Waals surface area contributed by atoms with E-state index < -0.39 is 0 Å². The molecule has 2 atom stereocenters. The van der Waals surface area contributed by atoms with Crippen molar-refractivity contribution in [2.45, 2.75) is 19.4 Å². The Bertz CT molecular complexity index is 840. The summed E-state index contributed by atoms with van der Waals surface area (Å²) in [4.78, 5) is 29.5. The molecule has 0 aliphatic carbocycles. The first-order valence-corrected chi connectivity index (χ1v) is 10.9. The molecule has 0 spiro atoms. The van der Waals surface area contributed by atoms with Crippen LogP contribution in [0.25, 0.3) is 0 Å². The SMILES string of the molecule is O=C(N1CCOCC1)[C@]12CCCN(Cc3ccoc3)C[C@H]1CN(c1ncccn1)C2. The summed E-state index contributed by atoms with van der Waals surface area (Å²) in [6.07, 6.45) is 9.00. The van der Waals surface area contributed by atoms with Crippen LogP contribution in [0.2, 0.25) is 0 Å². The second-order valence-electron chi connectivity index (χ2n) is 8.66. The van der Waals surface area contributed by atoms with Gasteiger partial charge in [0, 0.05) is 63.1 Å². The van der Waals surface area contributed by atoms with Gasteiger partial charge in [-0.15, -0.1) is 0 Å². The maximum absolute atomic E-state index is 13.9. The minimum atomic E-state index is -0.387. The smallest absolute Gasteiger partial charge is 0.231 e. The summed E-state index contributed by atoms with van der Waals surface area (Å²) < 4.78 is 10.8. The highest BCUT2D eigenvalue weighted by molar-refractivity contribution is 5.85. The molecule has 2 aromatic heterocycles. The molecule has 1 amide bonds. The molecule has 5 rings (SSSR count). The summed E-state index contributed by atoms with van der Waals surface area (Å²) in [5.74, 6) is 1.26. The fourth-order valence-corrected chi connectivity index (χ4v) is 5.33. The lowest BCUT2D eigenvalue weighted by atomic mass is 9.73. The monoisotopic (exact) mass is 411 g/mol. The third kappa shape index (κ3) is 3.70. The highest BCUT2D eigenvalue weighted by Crippen LogP contribution is 2.45. The van der Waals surface area contributed by atoms with E-state index in [9.17, 15) is 4.79 Å². The normalized spacial score (nSPS) is 27.7. The molecule has 3 aliphatic heterocycles. The quantitative estimate of drug-likeness (QED) is 0.757. The van der Waals surface area contributed by atoms with Gasteiger partial charge in [0.25, 0.3) is 0 Å². The van der Waals surface area contributed by atoms with E-state index in [-0.39, 0.29) is 11.3 Å². The number of anilines is 1. The Labute approximate surface area is 176 Å². The van der Waals surface area contributed by atoms with Crippen LogP contribution >= 0.6 is 0 Å². The second kappa shape index (κ2) is 8.35. The predicted octanol–water partition coefficient (Wildman–Crippen LogP) is 1.65. The van der Waals surface area contributed by atoms with Crippen molar-refractivity contribution in [1.29, 1.82) is 0 Å². The number of furan rings is 1. The van der Waals surface area contributed by atoms with E-state index in [0.717, 1.165) is 45.0 Å². The zero-order chi connectivity index (χ0) is 20.4. The van der Waals surface area contributed by atoms with Crippen LogP contribution in [0.15, 0.2) is 41.5 Å². The summed E-state index contributed by atoms with van der Waals surface area (Å²) >= 11 is 0. The summed E-state index contributed by atoms with van der Waals surface area (Å²) in [7, 11) is 0. The summed E-state index contributed by atoms with van der Waals surface area (Å²) in [5, 5.41) is 0. The van der Waals surface area contributed by atoms with Crippen molar-refractivity contribution in [2.24, 2.45) is 11.3 Å². The van der Waals surface area contributed by atoms with Crippen molar-refractivity contribution in [3.63, 3.8) is 0 Å². The lowest BCUT2D eigenvalue weighted by Crippen LogP contribution is -2.52. The van der Waals surface area contributed by atoms with E-state index in [1.54, 1.807) is 18.7 Å². The molecule has 0 unspecified atom stereocenters. The number of ether oxygens (including phenoxy) is 1. The van der Waals surface area contributed by atoms with Crippen LogP contribution < -0.4 is 4.90 Å². The first kappa shape index (κ1) is 19.5. The van der Waals surface area contributed by atoms with Gasteiger partial charge in [0.15, 0.2) is 0 Å². The van der Waals surface area contributed by atoms with Gasteiger partial charge in [-0.2, -0.15) is 0 Å². The number of fused-ring (bicyclic) bond motifs is 1. The van der Waals surface area contributed by atoms with Crippen molar-refractivity contribution in [2.75, 3.05) is 57.4 Å². The van der Waals surface area contributed by atoms with Crippen molar-refractivity contribution in [3.05, 3.63) is 42.6 Å². The Kier molecular flexibility index (Phi) is 5.43. The van der Waals surface area contributed by atoms with Crippen LogP contribution in [-0.2, 0) is 16.1 Å². The van der Waals surface area contributed by atoms with Gasteiger partial charge in [-0.3, -0.25) is 9.69 Å². The Balaban J connectivity index is 1.42. The highest BCUT2D eigenvalue weighted by Gasteiger charge is 2.54. The molecule has 2 aromatic rings. The maximum atomic E-state index is 13.9. The van der Waals surface area contributed by atoms with Crippen LogP contribution in [0.1, 0.15) is 18.4 Å². The fourth-order valence-electron chi connectivity index (χ4n) is 5.33. The third-order valence-corrected chi connectivity index (χ3v) is 6.82. The first-order valence-electron chi connectivity index (χ1n) is 10.9. The van der Waals surface area contributed by atoms with E-state index in [2.05, 4.69) is 19.8 Å². The molecule has 8 heteroatoms. The molecule has 3 aliphatic rings. The van der Waals surface area contributed by atoms with Gasteiger partial charge in [0.1, 0.15) is 0 Å². The molecule has 0 bridgehead atoms. The van der Waals surface area contributed by atoms with Crippen LogP contribution in [0.5, 0.6) is 0 Å². The average molecular weight is 412 g/mol. The second-order valence-corrected chi connectivity index (χ2v) is 8.66. The number of carbonyl (C=O) groups excluding carboxylic acids is 1. The van der Waals surface area contributed by atoms with Crippen molar-refractivity contribution in [3.8, 4) is 0 Å². The number of likely N-dealkylation sites (tertiary alicyclic amines) is 1. The van der Waals surface area contributed by atoms with Gasteiger partial charge >= 0.3 is 0 Å². The molecule has 160 valence electrons. The minimum Gasteiger partial charge on any atom is -0.472 e. The first-order chi connectivity index (χ1) is 14.7. The van der Waals surface area contributed by atoms with E-state index in [1.807, 2.05) is 23.3 Å². The zero-order valence-corrected chi connectivity index (χ0v) is 17.3. The van der Waals surface area contributed by atoms with Crippen molar-refractivity contribution in [1.82, 2.24) is 19.8 Å². The topological polar surface area (TPSA) is 74.9 Å². The number of hydrogen-bond donors (Lipinski definition) is 0. The molecule has 0 saturated carbocycles. The molecule has 3 saturated heterocycles.